The molecule has 7 nitrogen and oxygen atoms in total. The summed E-state index contributed by atoms with van der Waals surface area (Å²) in [5.41, 5.74) is 0.862. The molecule has 1 aromatic carbocycles. The topological polar surface area (TPSA) is 68.7 Å². The number of benzene rings is 1. The zero-order valence-corrected chi connectivity index (χ0v) is 13.8. The molecule has 2 aromatic rings. The maximum Gasteiger partial charge on any atom is 0.224 e. The summed E-state index contributed by atoms with van der Waals surface area (Å²) in [6.07, 6.45) is 2.97. The Bertz CT molecular complexity index is 705. The number of rotatable bonds is 5. The van der Waals surface area contributed by atoms with E-state index in [1.165, 1.54) is 0 Å². The van der Waals surface area contributed by atoms with E-state index in [0.717, 1.165) is 49.3 Å². The molecule has 2 fully saturated rings. The van der Waals surface area contributed by atoms with Gasteiger partial charge in [-0.15, -0.1) is 0 Å². The van der Waals surface area contributed by atoms with E-state index in [-0.39, 0.29) is 12.2 Å². The molecule has 0 saturated carbocycles. The highest BCUT2D eigenvalue weighted by atomic mass is 16.5. The second-order valence-corrected chi connectivity index (χ2v) is 6.24. The molecule has 24 heavy (non-hydrogen) atoms. The number of methoxy groups -OCH3 is 1. The number of aromatic nitrogens is 2. The molecular formula is C17H22N4O3. The van der Waals surface area contributed by atoms with Crippen molar-refractivity contribution in [3.63, 3.8) is 0 Å². The van der Waals surface area contributed by atoms with Crippen LogP contribution in [0, 0.1) is 0 Å². The molecule has 0 aliphatic carbocycles. The van der Waals surface area contributed by atoms with E-state index in [1.54, 1.807) is 13.4 Å². The zero-order valence-electron chi connectivity index (χ0n) is 13.8. The lowest BCUT2D eigenvalue weighted by atomic mass is 10.2. The lowest BCUT2D eigenvalue weighted by molar-refractivity contribution is 0.0800. The lowest BCUT2D eigenvalue weighted by Gasteiger charge is -2.19. The molecule has 3 heterocycles. The number of nitrogens with one attached hydrogen (secondary N) is 1. The van der Waals surface area contributed by atoms with Crippen LogP contribution in [0.2, 0.25) is 0 Å². The van der Waals surface area contributed by atoms with Crippen LogP contribution in [0.25, 0.3) is 10.9 Å². The number of fused-ring (bicyclic) bond motifs is 1. The van der Waals surface area contributed by atoms with E-state index >= 15 is 0 Å². The number of hydrogen-bond acceptors (Lipinski definition) is 7. The van der Waals surface area contributed by atoms with Crippen molar-refractivity contribution in [2.45, 2.75) is 18.6 Å². The Kier molecular flexibility index (Phi) is 4.46. The van der Waals surface area contributed by atoms with Gasteiger partial charge in [-0.2, -0.15) is 0 Å². The molecule has 2 saturated heterocycles. The normalized spacial score (nSPS) is 24.5. The summed E-state index contributed by atoms with van der Waals surface area (Å²) in [6.45, 7) is 4.46. The van der Waals surface area contributed by atoms with E-state index in [0.29, 0.717) is 12.6 Å². The minimum Gasteiger partial charge on any atom is -0.497 e. The number of likely N-dealkylation sites (tertiary alicyclic amines) is 1. The van der Waals surface area contributed by atoms with Gasteiger partial charge >= 0.3 is 0 Å². The Morgan fingerprint density at radius 1 is 1.38 bits per heavy atom. The van der Waals surface area contributed by atoms with Crippen LogP contribution in [0.3, 0.4) is 0 Å². The van der Waals surface area contributed by atoms with Crippen molar-refractivity contribution in [3.8, 4) is 11.6 Å². The van der Waals surface area contributed by atoms with E-state index in [4.69, 9.17) is 14.2 Å². The molecule has 0 bridgehead atoms. The number of nitrogens with zero attached hydrogens (tertiary/aromatic N) is 3. The number of ether oxygens (including phenoxy) is 3. The van der Waals surface area contributed by atoms with E-state index in [9.17, 15) is 0 Å². The van der Waals surface area contributed by atoms with Gasteiger partial charge in [-0.3, -0.25) is 10.2 Å². The third-order valence-corrected chi connectivity index (χ3v) is 4.57. The minimum absolute atomic E-state index is 0.142. The fourth-order valence-electron chi connectivity index (χ4n) is 3.31. The molecule has 1 N–H and O–H groups in total. The molecule has 0 amide bonds. The average Bonchev–Trinajstić information content (AvgIpc) is 3.27. The van der Waals surface area contributed by atoms with Crippen molar-refractivity contribution in [2.24, 2.45) is 0 Å². The van der Waals surface area contributed by atoms with E-state index in [1.807, 2.05) is 18.2 Å². The molecule has 2 aliphatic rings. The highest BCUT2D eigenvalue weighted by Crippen LogP contribution is 2.27. The first-order valence-corrected chi connectivity index (χ1v) is 8.32. The molecule has 1 unspecified atom stereocenters. The lowest BCUT2D eigenvalue weighted by Crippen LogP contribution is -2.34. The van der Waals surface area contributed by atoms with Gasteiger partial charge in [-0.25, -0.2) is 9.97 Å². The average molecular weight is 330 g/mol. The predicted octanol–water partition coefficient (Wildman–Crippen LogP) is 1.04. The van der Waals surface area contributed by atoms with Crippen molar-refractivity contribution in [3.05, 3.63) is 24.5 Å². The summed E-state index contributed by atoms with van der Waals surface area (Å²) < 4.78 is 17.1. The first-order valence-electron chi connectivity index (χ1n) is 8.32. The summed E-state index contributed by atoms with van der Waals surface area (Å²) in [6, 6.07) is 5.75. The second kappa shape index (κ2) is 6.88. The van der Waals surface area contributed by atoms with Crippen LogP contribution in [-0.2, 0) is 4.74 Å². The van der Waals surface area contributed by atoms with Crippen molar-refractivity contribution in [2.75, 3.05) is 40.0 Å². The fraction of sp³-hybridized carbons (Fsp3) is 0.529. The Morgan fingerprint density at radius 3 is 3.17 bits per heavy atom. The monoisotopic (exact) mass is 330 g/mol. The first kappa shape index (κ1) is 15.6. The second-order valence-electron chi connectivity index (χ2n) is 6.24. The Morgan fingerprint density at radius 2 is 2.33 bits per heavy atom. The predicted molar refractivity (Wildman–Crippen MR) is 89.3 cm³/mol. The smallest absolute Gasteiger partial charge is 0.224 e. The Balaban J connectivity index is 1.44. The zero-order chi connectivity index (χ0) is 16.4. The maximum absolute atomic E-state index is 6.18. The van der Waals surface area contributed by atoms with Gasteiger partial charge in [0.25, 0.3) is 0 Å². The van der Waals surface area contributed by atoms with Crippen molar-refractivity contribution in [1.29, 1.82) is 0 Å². The van der Waals surface area contributed by atoms with Crippen LogP contribution in [0.4, 0.5) is 0 Å². The molecular weight excluding hydrogens is 308 g/mol. The summed E-state index contributed by atoms with van der Waals surface area (Å²) in [4.78, 5) is 11.0. The van der Waals surface area contributed by atoms with Crippen molar-refractivity contribution >= 4 is 10.9 Å². The molecule has 2 atom stereocenters. The molecule has 0 spiro atoms. The standard InChI is InChI=1S/C17H22N4O3/c1-22-12-2-3-16-15(6-12)17(20-10-19-16)24-13-4-5-21(8-13)9-14-7-18-11-23-14/h2-3,6,10,13-14,18H,4-5,7-9,11H2,1H3/t13?,14-/m0/s1. The highest BCUT2D eigenvalue weighted by molar-refractivity contribution is 5.84. The molecule has 2 aliphatic heterocycles. The van der Waals surface area contributed by atoms with E-state index in [2.05, 4.69) is 20.2 Å². The van der Waals surface area contributed by atoms with Gasteiger partial charge in [0.05, 0.1) is 30.8 Å². The third-order valence-electron chi connectivity index (χ3n) is 4.57. The Labute approximate surface area is 140 Å². The highest BCUT2D eigenvalue weighted by Gasteiger charge is 2.28. The summed E-state index contributed by atoms with van der Waals surface area (Å²) in [7, 11) is 1.65. The van der Waals surface area contributed by atoms with Crippen molar-refractivity contribution in [1.82, 2.24) is 20.2 Å². The van der Waals surface area contributed by atoms with Gasteiger partial charge in [0.15, 0.2) is 0 Å². The number of hydrogen-bond donors (Lipinski definition) is 1. The van der Waals surface area contributed by atoms with Crippen LogP contribution < -0.4 is 14.8 Å². The van der Waals surface area contributed by atoms with Gasteiger partial charge in [-0.05, 0) is 24.6 Å². The van der Waals surface area contributed by atoms with Crippen LogP contribution in [-0.4, -0.2) is 67.1 Å². The fourth-order valence-corrected chi connectivity index (χ4v) is 3.31. The molecule has 128 valence electrons. The molecule has 1 aromatic heterocycles. The van der Waals surface area contributed by atoms with Gasteiger partial charge in [0.1, 0.15) is 18.2 Å². The van der Waals surface area contributed by atoms with Crippen LogP contribution in [0.15, 0.2) is 24.5 Å². The van der Waals surface area contributed by atoms with Gasteiger partial charge in [-0.1, -0.05) is 0 Å². The molecule has 4 rings (SSSR count). The van der Waals surface area contributed by atoms with Crippen LogP contribution >= 0.6 is 0 Å². The maximum atomic E-state index is 6.18. The van der Waals surface area contributed by atoms with Crippen LogP contribution in [0.5, 0.6) is 11.6 Å². The summed E-state index contributed by atoms with van der Waals surface area (Å²) >= 11 is 0. The van der Waals surface area contributed by atoms with Gasteiger partial charge in [0, 0.05) is 26.2 Å². The quantitative estimate of drug-likeness (QED) is 0.878. The Hall–Kier alpha value is -1.96. The van der Waals surface area contributed by atoms with Crippen molar-refractivity contribution < 1.29 is 14.2 Å². The van der Waals surface area contributed by atoms with Crippen LogP contribution in [0.1, 0.15) is 6.42 Å². The minimum atomic E-state index is 0.142. The van der Waals surface area contributed by atoms with Gasteiger partial charge < -0.3 is 14.2 Å². The summed E-state index contributed by atoms with van der Waals surface area (Å²) in [5.74, 6) is 1.41. The SMILES string of the molecule is COc1ccc2ncnc(OC3CCN(C[C@@H]4CNCO4)C3)c2c1. The first-order chi connectivity index (χ1) is 11.8. The van der Waals surface area contributed by atoms with Gasteiger partial charge in [0.2, 0.25) is 5.88 Å². The largest absolute Gasteiger partial charge is 0.497 e. The third kappa shape index (κ3) is 3.28. The molecule has 7 heteroatoms. The summed E-state index contributed by atoms with van der Waals surface area (Å²) in [5, 5.41) is 4.11. The molecule has 0 radical (unpaired) electrons. The van der Waals surface area contributed by atoms with E-state index < -0.39 is 0 Å².